The van der Waals surface area contributed by atoms with Gasteiger partial charge in [0.2, 0.25) is 5.91 Å². The van der Waals surface area contributed by atoms with E-state index in [0.29, 0.717) is 58.8 Å². The third kappa shape index (κ3) is 10.3. The van der Waals surface area contributed by atoms with Gasteiger partial charge in [0, 0.05) is 91.5 Å². The standard InChI is InChI=1S/C54H56F2N10O9S2/c1-28(2)42(52(70)66-24-35(67)20-39(66)48-61-53(71)54(4,62-48)33-12-10-30(11-13-33)47-29(3)59-27-76-47)40-21-41(63-75-40)74-17-9-7-8-15-57-50(68)44-32(26-77(6,72)73)18-31-23-64(5)46-43(31)45(44)36-25-65(16-14-38(36)60-51(46)69)49-37(56)19-34(55)22-58-49/h10-14,18-19,21-23,25,27-28,35,39,42,67H,7-9,15-17,20,24,26H2,1-6H3,(H,57,68)(H,60,69)(H,61,62,71)/t35-,39-,42?,54-/m1/s1. The number of aryl methyl sites for hydroxylation is 2. The molecule has 1 fully saturated rings. The van der Waals surface area contributed by atoms with Crippen molar-refractivity contribution in [2.45, 2.75) is 82.7 Å². The number of aliphatic imine (C=N–C) groups is 1. The Labute approximate surface area is 446 Å². The van der Waals surface area contributed by atoms with E-state index in [-0.39, 0.29) is 90.2 Å². The van der Waals surface area contributed by atoms with Crippen molar-refractivity contribution in [2.24, 2.45) is 18.0 Å². The molecular weight excluding hydrogens is 1030 g/mol. The van der Waals surface area contributed by atoms with Gasteiger partial charge in [-0.05, 0) is 73.0 Å². The molecule has 6 aromatic rings. The van der Waals surface area contributed by atoms with Crippen LogP contribution in [-0.4, -0.2) is 112 Å². The number of aliphatic hydroxyl groups is 1. The van der Waals surface area contributed by atoms with Gasteiger partial charge in [0.15, 0.2) is 32.8 Å². The van der Waals surface area contributed by atoms with Gasteiger partial charge < -0.3 is 44.7 Å². The van der Waals surface area contributed by atoms with Gasteiger partial charge in [0.25, 0.3) is 23.6 Å². The van der Waals surface area contributed by atoms with Gasteiger partial charge in [-0.2, -0.15) is 0 Å². The Bertz CT molecular complexity index is 3590. The minimum atomic E-state index is -3.71. The number of nitrogens with zero attached hydrogens (tertiary/aromatic N) is 7. The maximum absolute atomic E-state index is 15.1. The number of carbonyl (C=O) groups excluding carboxylic acids is 4. The molecular formula is C54H56F2N10O9S2. The number of likely N-dealkylation sites (tertiary alicyclic amines) is 1. The number of fused-ring (bicyclic) bond motifs is 2. The molecule has 4 amide bonds. The summed E-state index contributed by atoms with van der Waals surface area (Å²) in [6, 6.07) is 10.8. The Balaban J connectivity index is 0.793. The fourth-order valence-electron chi connectivity index (χ4n) is 10.6. The minimum Gasteiger partial charge on any atom is -0.476 e. The zero-order valence-electron chi connectivity index (χ0n) is 43.0. The van der Waals surface area contributed by atoms with Gasteiger partial charge in [-0.3, -0.25) is 19.2 Å². The number of nitrogens with one attached hydrogen (secondary N) is 3. The number of anilines is 1. The summed E-state index contributed by atoms with van der Waals surface area (Å²) in [6.07, 6.45) is 7.68. The molecule has 1 saturated heterocycles. The van der Waals surface area contributed by atoms with Crippen LogP contribution in [0.2, 0.25) is 0 Å². The lowest BCUT2D eigenvalue weighted by atomic mass is 9.89. The number of β-amino-alcohol motifs (C(OH)–C–C–N with tert-alkyl or cyclic N) is 1. The number of aliphatic hydroxyl groups excluding tert-OH is 1. The summed E-state index contributed by atoms with van der Waals surface area (Å²) in [5.41, 5.74) is 4.45. The fourth-order valence-corrected chi connectivity index (χ4v) is 12.2. The van der Waals surface area contributed by atoms with Crippen LogP contribution in [0, 0.1) is 24.5 Å². The van der Waals surface area contributed by atoms with Gasteiger partial charge in [0.05, 0.1) is 52.3 Å². The highest BCUT2D eigenvalue weighted by Gasteiger charge is 2.48. The molecule has 0 saturated carbocycles. The predicted octanol–water partition coefficient (Wildman–Crippen LogP) is 6.43. The molecule has 19 nitrogen and oxygen atoms in total. The lowest BCUT2D eigenvalue weighted by Crippen LogP contribution is -2.48. The van der Waals surface area contributed by atoms with Crippen molar-refractivity contribution in [1.29, 1.82) is 0 Å². The number of unbranched alkanes of at least 4 members (excludes halogenated alkanes) is 2. The van der Waals surface area contributed by atoms with E-state index in [4.69, 9.17) is 14.3 Å². The highest BCUT2D eigenvalue weighted by molar-refractivity contribution is 7.89. The number of pyridine rings is 1. The van der Waals surface area contributed by atoms with Gasteiger partial charge >= 0.3 is 0 Å². The first kappa shape index (κ1) is 52.8. The van der Waals surface area contributed by atoms with Crippen LogP contribution in [0.3, 0.4) is 0 Å². The number of carbonyl (C=O) groups is 4. The quantitative estimate of drug-likeness (QED) is 0.0721. The maximum atomic E-state index is 15.1. The van der Waals surface area contributed by atoms with Crippen molar-refractivity contribution in [2.75, 3.05) is 37.4 Å². The van der Waals surface area contributed by atoms with Crippen molar-refractivity contribution in [1.82, 2.24) is 40.5 Å². The van der Waals surface area contributed by atoms with E-state index >= 15 is 4.39 Å². The average molecular weight is 1090 g/mol. The fraction of sp³-hybridized carbons (Fsp3) is 0.370. The molecule has 4 aliphatic heterocycles. The summed E-state index contributed by atoms with van der Waals surface area (Å²) in [6.45, 7) is 7.88. The Hall–Kier alpha value is -7.63. The molecule has 4 atom stereocenters. The number of halogens is 2. The second-order valence-electron chi connectivity index (χ2n) is 20.4. The van der Waals surface area contributed by atoms with E-state index < -0.39 is 62.6 Å². The number of amides is 4. The number of amidine groups is 1. The van der Waals surface area contributed by atoms with Crippen LogP contribution >= 0.6 is 11.3 Å². The second-order valence-corrected chi connectivity index (χ2v) is 23.3. The smallest absolute Gasteiger partial charge is 0.272 e. The molecule has 4 aliphatic rings. The molecule has 0 radical (unpaired) electrons. The number of hydrogen-bond donors (Lipinski definition) is 4. The van der Waals surface area contributed by atoms with Gasteiger partial charge in [-0.15, -0.1) is 11.3 Å². The van der Waals surface area contributed by atoms with Gasteiger partial charge in [-0.1, -0.05) is 38.1 Å². The second kappa shape index (κ2) is 20.7. The summed E-state index contributed by atoms with van der Waals surface area (Å²) in [5.74, 6) is -4.55. The van der Waals surface area contributed by atoms with Crippen LogP contribution in [-0.2, 0) is 37.8 Å². The number of sulfone groups is 1. The Morgan fingerprint density at radius 1 is 1.08 bits per heavy atom. The van der Waals surface area contributed by atoms with Crippen molar-refractivity contribution < 1.29 is 50.7 Å². The van der Waals surface area contributed by atoms with Crippen LogP contribution in [0.1, 0.15) is 101 Å². The monoisotopic (exact) mass is 1090 g/mol. The summed E-state index contributed by atoms with van der Waals surface area (Å²) in [7, 11) is -2.04. The lowest BCUT2D eigenvalue weighted by Gasteiger charge is -2.29. The minimum absolute atomic E-state index is 0.0258. The third-order valence-corrected chi connectivity index (χ3v) is 16.1. The lowest BCUT2D eigenvalue weighted by molar-refractivity contribution is -0.134. The van der Waals surface area contributed by atoms with E-state index in [0.717, 1.165) is 28.6 Å². The van der Waals surface area contributed by atoms with Crippen LogP contribution in [0.25, 0.3) is 26.8 Å². The maximum Gasteiger partial charge on any atom is 0.272 e. The molecule has 77 heavy (non-hydrogen) atoms. The first-order valence-corrected chi connectivity index (χ1v) is 28.1. The molecule has 402 valence electrons. The Morgan fingerprint density at radius 2 is 1.86 bits per heavy atom. The summed E-state index contributed by atoms with van der Waals surface area (Å²) in [4.78, 5) is 73.5. The molecule has 0 bridgehead atoms. The molecule has 0 aliphatic carbocycles. The van der Waals surface area contributed by atoms with Crippen LogP contribution in [0.15, 0.2) is 87.9 Å². The van der Waals surface area contributed by atoms with Crippen molar-refractivity contribution in [3.8, 4) is 16.3 Å². The van der Waals surface area contributed by atoms with E-state index in [2.05, 4.69) is 31.1 Å². The van der Waals surface area contributed by atoms with Crippen LogP contribution < -0.4 is 25.6 Å². The van der Waals surface area contributed by atoms with E-state index in [9.17, 15) is 37.1 Å². The molecule has 23 heteroatoms. The van der Waals surface area contributed by atoms with E-state index in [1.807, 2.05) is 45.0 Å². The highest BCUT2D eigenvalue weighted by atomic mass is 32.2. The predicted molar refractivity (Wildman–Crippen MR) is 284 cm³/mol. The number of hydrogen-bond acceptors (Lipinski definition) is 15. The number of thiazole rings is 1. The number of benzene rings is 2. The normalized spacial score (nSPS) is 19.6. The largest absolute Gasteiger partial charge is 0.476 e. The molecule has 4 N–H and O–H groups in total. The van der Waals surface area contributed by atoms with Crippen molar-refractivity contribution in [3.63, 3.8) is 0 Å². The van der Waals surface area contributed by atoms with Crippen molar-refractivity contribution >= 4 is 72.8 Å². The highest BCUT2D eigenvalue weighted by Crippen LogP contribution is 2.42. The Morgan fingerprint density at radius 3 is 2.57 bits per heavy atom. The summed E-state index contributed by atoms with van der Waals surface area (Å²) < 4.78 is 68.1. The summed E-state index contributed by atoms with van der Waals surface area (Å²) in [5, 5.41) is 24.7. The van der Waals surface area contributed by atoms with Crippen LogP contribution in [0.5, 0.6) is 5.88 Å². The molecule has 8 heterocycles. The van der Waals surface area contributed by atoms with Crippen molar-refractivity contribution in [3.05, 3.63) is 129 Å². The third-order valence-electron chi connectivity index (χ3n) is 14.3. The molecule has 0 spiro atoms. The van der Waals surface area contributed by atoms with Crippen LogP contribution in [0.4, 0.5) is 14.6 Å². The number of ether oxygens (including phenoxy) is 1. The first-order chi connectivity index (χ1) is 36.7. The van der Waals surface area contributed by atoms with Gasteiger partial charge in [-0.25, -0.2) is 32.2 Å². The zero-order chi connectivity index (χ0) is 54.7. The topological polar surface area (TPSA) is 244 Å². The molecule has 10 rings (SSSR count). The molecule has 2 aromatic carbocycles. The van der Waals surface area contributed by atoms with E-state index in [1.54, 1.807) is 53.4 Å². The SMILES string of the molecule is Cc1ncsc1-c1ccc([C@@]2(C)N=C([C@H]3C[C@@H](O)CN3C(=O)C(c3cc(OCCCCCNC(=O)c4c(CS(C)(=O)=O)cc5cn(C)c6c5c4C4=CN(c5ncc(F)cc5F)CC=C4NC6=O)no3)C(C)C)NC2=O)cc1. The Kier molecular flexibility index (Phi) is 14.2. The number of rotatable bonds is 17. The van der Waals surface area contributed by atoms with Gasteiger partial charge in [0.1, 0.15) is 23.3 Å². The molecule has 1 unspecified atom stereocenters. The first-order valence-electron chi connectivity index (χ1n) is 25.1. The molecule has 4 aromatic heterocycles. The average Bonchev–Trinajstić information content (AvgIpc) is 4.28. The van der Waals surface area contributed by atoms with E-state index in [1.165, 1.54) is 22.4 Å². The zero-order valence-corrected chi connectivity index (χ0v) is 44.7. The summed E-state index contributed by atoms with van der Waals surface area (Å²) >= 11 is 1.54. The number of aromatic nitrogens is 4. The number of allylic oxidation sites excluding steroid dienone is 1.